The smallest absolute Gasteiger partial charge is 0.375 e. The van der Waals surface area contributed by atoms with Crippen LogP contribution in [0.4, 0.5) is 13.2 Å². The fourth-order valence-corrected chi connectivity index (χ4v) is 1.47. The Morgan fingerprint density at radius 2 is 1.89 bits per heavy atom. The second-order valence-electron chi connectivity index (χ2n) is 3.78. The summed E-state index contributed by atoms with van der Waals surface area (Å²) in [5, 5.41) is 0. The molecular formula is C12H14F3NO2. The van der Waals surface area contributed by atoms with Gasteiger partial charge in [0.2, 0.25) is 5.91 Å². The lowest BCUT2D eigenvalue weighted by molar-refractivity contribution is -0.164. The molecule has 0 aliphatic carbocycles. The molecule has 0 atom stereocenters. The number of carbonyl (C=O) groups is 1. The number of halogens is 3. The molecule has 0 fully saturated rings. The fraction of sp³-hybridized carbons (Fsp3) is 0.417. The highest BCUT2D eigenvalue weighted by Crippen LogP contribution is 2.18. The van der Waals surface area contributed by atoms with Gasteiger partial charge < -0.3 is 9.64 Å². The summed E-state index contributed by atoms with van der Waals surface area (Å²) in [5.74, 6) is -0.682. The van der Waals surface area contributed by atoms with E-state index in [2.05, 4.69) is 4.74 Å². The lowest BCUT2D eigenvalue weighted by Gasteiger charge is -2.23. The van der Waals surface area contributed by atoms with E-state index in [1.165, 1.54) is 7.11 Å². The van der Waals surface area contributed by atoms with Crippen molar-refractivity contribution in [2.24, 2.45) is 0 Å². The van der Waals surface area contributed by atoms with Crippen molar-refractivity contribution >= 4 is 5.91 Å². The predicted molar refractivity (Wildman–Crippen MR) is 59.8 cm³/mol. The van der Waals surface area contributed by atoms with Crippen LogP contribution in [0.3, 0.4) is 0 Å². The topological polar surface area (TPSA) is 29.5 Å². The summed E-state index contributed by atoms with van der Waals surface area (Å²) in [6, 6.07) is 8.52. The summed E-state index contributed by atoms with van der Waals surface area (Å²) in [4.78, 5) is 12.3. The van der Waals surface area contributed by atoms with Crippen molar-refractivity contribution < 1.29 is 22.7 Å². The maximum absolute atomic E-state index is 12.4. The first-order valence-corrected chi connectivity index (χ1v) is 5.30. The highest BCUT2D eigenvalue weighted by atomic mass is 19.4. The third kappa shape index (κ3) is 5.18. The molecule has 0 aliphatic rings. The number of nitrogens with zero attached hydrogens (tertiary/aromatic N) is 1. The fourth-order valence-electron chi connectivity index (χ4n) is 1.47. The molecule has 0 bridgehead atoms. The minimum Gasteiger partial charge on any atom is -0.375 e. The summed E-state index contributed by atoms with van der Waals surface area (Å²) < 4.78 is 41.7. The van der Waals surface area contributed by atoms with Crippen LogP contribution < -0.4 is 0 Å². The Morgan fingerprint density at radius 3 is 2.39 bits per heavy atom. The molecule has 1 amide bonds. The summed E-state index contributed by atoms with van der Waals surface area (Å²) in [6.45, 7) is -1.71. The molecule has 0 N–H and O–H groups in total. The summed E-state index contributed by atoms with van der Waals surface area (Å²) in [7, 11) is 1.27. The Morgan fingerprint density at radius 1 is 1.28 bits per heavy atom. The molecule has 0 aromatic heterocycles. The number of hydrogen-bond donors (Lipinski definition) is 0. The van der Waals surface area contributed by atoms with E-state index < -0.39 is 18.6 Å². The number of carbonyl (C=O) groups excluding carboxylic acids is 1. The van der Waals surface area contributed by atoms with E-state index >= 15 is 0 Å². The van der Waals surface area contributed by atoms with Crippen molar-refractivity contribution in [1.29, 1.82) is 0 Å². The van der Waals surface area contributed by atoms with Crippen LogP contribution in [0.15, 0.2) is 30.3 Å². The van der Waals surface area contributed by atoms with Crippen LogP contribution in [0.25, 0.3) is 0 Å². The third-order valence-electron chi connectivity index (χ3n) is 2.21. The predicted octanol–water partition coefficient (Wildman–Crippen LogP) is 2.22. The third-order valence-corrected chi connectivity index (χ3v) is 2.21. The maximum atomic E-state index is 12.4. The average molecular weight is 261 g/mol. The maximum Gasteiger partial charge on any atom is 0.406 e. The van der Waals surface area contributed by atoms with Crippen LogP contribution in [0, 0.1) is 0 Å². The van der Waals surface area contributed by atoms with Gasteiger partial charge in [0.1, 0.15) is 13.2 Å². The van der Waals surface area contributed by atoms with Crippen LogP contribution in [-0.4, -0.2) is 37.2 Å². The molecule has 0 aliphatic heterocycles. The summed E-state index contributed by atoms with van der Waals surface area (Å²) in [5.41, 5.74) is 0.645. The van der Waals surface area contributed by atoms with Gasteiger partial charge in [-0.25, -0.2) is 0 Å². The van der Waals surface area contributed by atoms with Gasteiger partial charge in [0.25, 0.3) is 0 Å². The Labute approximate surface area is 103 Å². The Bertz CT molecular complexity index is 379. The number of benzene rings is 1. The molecule has 0 saturated carbocycles. The summed E-state index contributed by atoms with van der Waals surface area (Å²) >= 11 is 0. The second-order valence-corrected chi connectivity index (χ2v) is 3.78. The van der Waals surface area contributed by atoms with Gasteiger partial charge >= 0.3 is 6.18 Å². The van der Waals surface area contributed by atoms with Gasteiger partial charge in [0.05, 0.1) is 0 Å². The second kappa shape index (κ2) is 6.39. The molecule has 100 valence electrons. The molecule has 0 unspecified atom stereocenters. The highest BCUT2D eigenvalue weighted by molar-refractivity contribution is 5.77. The van der Waals surface area contributed by atoms with E-state index in [1.54, 1.807) is 30.3 Å². The van der Waals surface area contributed by atoms with Crippen molar-refractivity contribution in [2.45, 2.75) is 12.7 Å². The Hall–Kier alpha value is -1.56. The standard InChI is InChI=1S/C12H14F3NO2/c1-18-8-11(17)16(9-12(13,14)15)7-10-5-3-2-4-6-10/h2-6H,7-9H2,1H3. The molecule has 1 aromatic rings. The lowest BCUT2D eigenvalue weighted by Crippen LogP contribution is -2.40. The van der Waals surface area contributed by atoms with E-state index in [-0.39, 0.29) is 13.2 Å². The molecule has 18 heavy (non-hydrogen) atoms. The quantitative estimate of drug-likeness (QED) is 0.813. The van der Waals surface area contributed by atoms with E-state index in [0.717, 1.165) is 4.90 Å². The number of methoxy groups -OCH3 is 1. The van der Waals surface area contributed by atoms with Gasteiger partial charge in [0.15, 0.2) is 0 Å². The van der Waals surface area contributed by atoms with Gasteiger partial charge in [0, 0.05) is 13.7 Å². The first-order chi connectivity index (χ1) is 8.42. The zero-order valence-electron chi connectivity index (χ0n) is 9.91. The van der Waals surface area contributed by atoms with Gasteiger partial charge in [-0.05, 0) is 5.56 Å². The first kappa shape index (κ1) is 14.5. The van der Waals surface area contributed by atoms with Gasteiger partial charge in [-0.1, -0.05) is 30.3 Å². The van der Waals surface area contributed by atoms with Crippen LogP contribution in [-0.2, 0) is 16.1 Å². The van der Waals surface area contributed by atoms with Crippen molar-refractivity contribution in [3.05, 3.63) is 35.9 Å². The molecule has 0 saturated heterocycles. The summed E-state index contributed by atoms with van der Waals surface area (Å²) in [6.07, 6.45) is -4.42. The Balaban J connectivity index is 2.74. The van der Waals surface area contributed by atoms with E-state index in [0.29, 0.717) is 5.56 Å². The Kier molecular flexibility index (Phi) is 5.15. The lowest BCUT2D eigenvalue weighted by atomic mass is 10.2. The zero-order chi connectivity index (χ0) is 13.6. The highest BCUT2D eigenvalue weighted by Gasteiger charge is 2.32. The van der Waals surface area contributed by atoms with Gasteiger partial charge in [-0.15, -0.1) is 0 Å². The average Bonchev–Trinajstić information content (AvgIpc) is 2.28. The molecule has 0 spiro atoms. The van der Waals surface area contributed by atoms with Gasteiger partial charge in [-0.3, -0.25) is 4.79 Å². The number of alkyl halides is 3. The molecule has 6 heteroatoms. The van der Waals surface area contributed by atoms with Crippen molar-refractivity contribution in [3.8, 4) is 0 Å². The van der Waals surface area contributed by atoms with Crippen molar-refractivity contribution in [3.63, 3.8) is 0 Å². The van der Waals surface area contributed by atoms with Crippen molar-refractivity contribution in [1.82, 2.24) is 4.90 Å². The normalized spacial score (nSPS) is 11.3. The molecule has 1 rings (SSSR count). The molecular weight excluding hydrogens is 247 g/mol. The van der Waals surface area contributed by atoms with E-state index in [9.17, 15) is 18.0 Å². The molecule has 3 nitrogen and oxygen atoms in total. The minimum atomic E-state index is -4.42. The first-order valence-electron chi connectivity index (χ1n) is 5.30. The number of hydrogen-bond acceptors (Lipinski definition) is 2. The molecule has 0 heterocycles. The van der Waals surface area contributed by atoms with Crippen LogP contribution >= 0.6 is 0 Å². The minimum absolute atomic E-state index is 0.0808. The van der Waals surface area contributed by atoms with E-state index in [4.69, 9.17) is 0 Å². The number of amides is 1. The number of ether oxygens (including phenoxy) is 1. The largest absolute Gasteiger partial charge is 0.406 e. The zero-order valence-corrected chi connectivity index (χ0v) is 9.91. The van der Waals surface area contributed by atoms with Crippen LogP contribution in [0.5, 0.6) is 0 Å². The van der Waals surface area contributed by atoms with Crippen LogP contribution in [0.1, 0.15) is 5.56 Å². The molecule has 0 radical (unpaired) electrons. The monoisotopic (exact) mass is 261 g/mol. The van der Waals surface area contributed by atoms with Crippen molar-refractivity contribution in [2.75, 3.05) is 20.3 Å². The van der Waals surface area contributed by atoms with Crippen LogP contribution in [0.2, 0.25) is 0 Å². The van der Waals surface area contributed by atoms with Gasteiger partial charge in [-0.2, -0.15) is 13.2 Å². The SMILES string of the molecule is COCC(=O)N(Cc1ccccc1)CC(F)(F)F. The molecule has 1 aromatic carbocycles. The van der Waals surface area contributed by atoms with E-state index in [1.807, 2.05) is 0 Å². The number of rotatable bonds is 5.